The van der Waals surface area contributed by atoms with Gasteiger partial charge in [-0.15, -0.1) is 0 Å². The molecule has 20 heavy (non-hydrogen) atoms. The van der Waals surface area contributed by atoms with Crippen molar-refractivity contribution in [2.75, 3.05) is 20.0 Å². The highest BCUT2D eigenvalue weighted by Crippen LogP contribution is 2.37. The molecule has 2 heterocycles. The minimum atomic E-state index is -1.03. The largest absolute Gasteiger partial charge is 0.509 e. The zero-order valence-electron chi connectivity index (χ0n) is 10.3. The Bertz CT molecular complexity index is 608. The van der Waals surface area contributed by atoms with Crippen LogP contribution in [0.2, 0.25) is 10.0 Å². The Kier molecular flexibility index (Phi) is 3.38. The summed E-state index contributed by atoms with van der Waals surface area (Å²) in [6.07, 6.45) is 0. The van der Waals surface area contributed by atoms with Crippen molar-refractivity contribution in [3.63, 3.8) is 0 Å². The van der Waals surface area contributed by atoms with E-state index in [1.54, 1.807) is 12.1 Å². The number of benzene rings is 1. The molecule has 0 aromatic heterocycles. The van der Waals surface area contributed by atoms with E-state index >= 15 is 0 Å². The highest BCUT2D eigenvalue weighted by atomic mass is 35.5. The van der Waals surface area contributed by atoms with Gasteiger partial charge in [0.15, 0.2) is 0 Å². The van der Waals surface area contributed by atoms with Crippen molar-refractivity contribution in [1.82, 2.24) is 5.32 Å². The first-order valence-corrected chi connectivity index (χ1v) is 6.66. The number of halogens is 2. The van der Waals surface area contributed by atoms with Gasteiger partial charge in [-0.25, -0.2) is 0 Å². The molecule has 106 valence electrons. The van der Waals surface area contributed by atoms with Crippen molar-refractivity contribution >= 4 is 34.7 Å². The average molecular weight is 316 g/mol. The zero-order valence-corrected chi connectivity index (χ0v) is 11.8. The predicted octanol–water partition coefficient (Wildman–Crippen LogP) is 2.14. The number of nitrogens with one attached hydrogen (secondary N) is 1. The van der Waals surface area contributed by atoms with Crippen LogP contribution in [0.3, 0.4) is 0 Å². The fourth-order valence-electron chi connectivity index (χ4n) is 2.37. The van der Waals surface area contributed by atoms with Crippen LogP contribution in [-0.2, 0) is 14.3 Å². The fraction of sp³-hybridized carbons (Fsp3) is 0.308. The Morgan fingerprint density at radius 1 is 1.25 bits per heavy atom. The van der Waals surface area contributed by atoms with Gasteiger partial charge in [-0.1, -0.05) is 29.3 Å². The summed E-state index contributed by atoms with van der Waals surface area (Å²) < 4.78 is 10.3. The molecular formula is C13H11Cl2NO4. The molecule has 0 radical (unpaired) electrons. The van der Waals surface area contributed by atoms with E-state index in [0.717, 1.165) is 0 Å². The van der Waals surface area contributed by atoms with Crippen LogP contribution in [0.1, 0.15) is 5.56 Å². The third-order valence-corrected chi connectivity index (χ3v) is 3.88. The number of ether oxygens (including phenoxy) is 2. The van der Waals surface area contributed by atoms with Gasteiger partial charge in [-0.05, 0) is 12.1 Å². The van der Waals surface area contributed by atoms with Crippen molar-refractivity contribution in [1.29, 1.82) is 0 Å². The summed E-state index contributed by atoms with van der Waals surface area (Å²) in [7, 11) is 0. The summed E-state index contributed by atoms with van der Waals surface area (Å²) in [5.74, 6) is -0.535. The van der Waals surface area contributed by atoms with Gasteiger partial charge in [0, 0.05) is 10.6 Å². The van der Waals surface area contributed by atoms with Gasteiger partial charge in [0.25, 0.3) is 5.91 Å². The van der Waals surface area contributed by atoms with Crippen molar-refractivity contribution in [3.05, 3.63) is 39.6 Å². The second-order valence-electron chi connectivity index (χ2n) is 4.70. The lowest BCUT2D eigenvalue weighted by molar-refractivity contribution is -0.144. The summed E-state index contributed by atoms with van der Waals surface area (Å²) in [5, 5.41) is 13.9. The first-order chi connectivity index (χ1) is 9.53. The van der Waals surface area contributed by atoms with E-state index in [1.807, 2.05) is 0 Å². The third-order valence-electron chi connectivity index (χ3n) is 3.33. The lowest BCUT2D eigenvalue weighted by Gasteiger charge is -2.32. The van der Waals surface area contributed by atoms with E-state index in [2.05, 4.69) is 5.32 Å². The molecule has 0 atom stereocenters. The van der Waals surface area contributed by atoms with E-state index in [9.17, 15) is 9.90 Å². The third kappa shape index (κ3) is 2.07. The van der Waals surface area contributed by atoms with Crippen LogP contribution in [0, 0.1) is 0 Å². The van der Waals surface area contributed by atoms with Crippen molar-refractivity contribution in [2.24, 2.45) is 0 Å². The lowest BCUT2D eigenvalue weighted by atomic mass is 9.97. The highest BCUT2D eigenvalue weighted by Gasteiger charge is 2.48. The molecular weight excluding hydrogens is 305 g/mol. The van der Waals surface area contributed by atoms with E-state index in [-0.39, 0.29) is 31.3 Å². The van der Waals surface area contributed by atoms with Gasteiger partial charge in [0.2, 0.25) is 0 Å². The van der Waals surface area contributed by atoms with Gasteiger partial charge in [0.1, 0.15) is 18.1 Å². The molecule has 2 N–H and O–H groups in total. The molecule has 1 aromatic carbocycles. The molecule has 0 unspecified atom stereocenters. The zero-order chi connectivity index (χ0) is 14.3. The molecule has 0 saturated carbocycles. The molecule has 1 amide bonds. The van der Waals surface area contributed by atoms with Crippen molar-refractivity contribution in [3.8, 4) is 0 Å². The average Bonchev–Trinajstić information content (AvgIpc) is 2.63. The van der Waals surface area contributed by atoms with Crippen molar-refractivity contribution < 1.29 is 19.4 Å². The van der Waals surface area contributed by atoms with Crippen LogP contribution in [0.25, 0.3) is 5.57 Å². The van der Waals surface area contributed by atoms with Crippen LogP contribution in [0.4, 0.5) is 0 Å². The Balaban J connectivity index is 2.09. The smallest absolute Gasteiger partial charge is 0.256 e. The molecule has 3 rings (SSSR count). The molecule has 1 fully saturated rings. The molecule has 2 aliphatic heterocycles. The summed E-state index contributed by atoms with van der Waals surface area (Å²) in [6, 6.07) is 4.72. The molecule has 1 saturated heterocycles. The number of aliphatic hydroxyl groups excluding tert-OH is 1. The molecule has 0 bridgehead atoms. The summed E-state index contributed by atoms with van der Waals surface area (Å²) >= 11 is 11.9. The fourth-order valence-corrected chi connectivity index (χ4v) is 2.87. The monoisotopic (exact) mass is 315 g/mol. The van der Waals surface area contributed by atoms with Crippen molar-refractivity contribution in [2.45, 2.75) is 5.54 Å². The number of amides is 1. The van der Waals surface area contributed by atoms with Gasteiger partial charge < -0.3 is 19.9 Å². The number of hydrogen-bond donors (Lipinski definition) is 2. The normalized spacial score (nSPS) is 21.4. The second-order valence-corrected chi connectivity index (χ2v) is 5.54. The molecule has 1 aromatic rings. The number of carbonyl (C=O) groups excluding carboxylic acids is 1. The quantitative estimate of drug-likeness (QED) is 0.833. The minimum absolute atomic E-state index is 0.119. The van der Waals surface area contributed by atoms with Crippen LogP contribution in [0.15, 0.2) is 24.0 Å². The molecule has 5 nitrogen and oxygen atoms in total. The summed E-state index contributed by atoms with van der Waals surface area (Å²) in [6.45, 7) is 0.445. The second kappa shape index (κ2) is 4.93. The Morgan fingerprint density at radius 2 is 1.95 bits per heavy atom. The summed E-state index contributed by atoms with van der Waals surface area (Å²) in [4.78, 5) is 12.2. The van der Waals surface area contributed by atoms with Crippen LogP contribution < -0.4 is 5.32 Å². The minimum Gasteiger partial charge on any atom is -0.509 e. The maximum Gasteiger partial charge on any atom is 0.256 e. The Labute approximate surface area is 125 Å². The summed E-state index contributed by atoms with van der Waals surface area (Å²) in [5.41, 5.74) is -0.484. The molecule has 7 heteroatoms. The number of aliphatic hydroxyl groups is 1. The van der Waals surface area contributed by atoms with Crippen LogP contribution in [-0.4, -0.2) is 36.6 Å². The van der Waals surface area contributed by atoms with Gasteiger partial charge in [0.05, 0.1) is 23.8 Å². The number of rotatable bonds is 1. The van der Waals surface area contributed by atoms with Crippen LogP contribution in [0.5, 0.6) is 0 Å². The number of carbonyl (C=O) groups is 1. The molecule has 1 spiro atoms. The van der Waals surface area contributed by atoms with Gasteiger partial charge >= 0.3 is 0 Å². The predicted molar refractivity (Wildman–Crippen MR) is 73.7 cm³/mol. The Hall–Kier alpha value is -1.27. The maximum atomic E-state index is 12.2. The molecule has 2 aliphatic rings. The SMILES string of the molecule is O=C1NC2(COCOC2)C(O)=C1c1ccc(Cl)cc1Cl. The number of hydrogen-bond acceptors (Lipinski definition) is 4. The van der Waals surface area contributed by atoms with E-state index in [0.29, 0.717) is 15.6 Å². The Morgan fingerprint density at radius 3 is 2.60 bits per heavy atom. The van der Waals surface area contributed by atoms with Gasteiger partial charge in [-0.2, -0.15) is 0 Å². The van der Waals surface area contributed by atoms with E-state index in [4.69, 9.17) is 32.7 Å². The maximum absolute atomic E-state index is 12.2. The standard InChI is InChI=1S/C13H11Cl2NO4/c14-7-1-2-8(9(15)3-7)10-11(17)13(16-12(10)18)4-19-6-20-5-13/h1-3,17H,4-6H2,(H,16,18). The first-order valence-electron chi connectivity index (χ1n) is 5.91. The van der Waals surface area contributed by atoms with E-state index in [1.165, 1.54) is 6.07 Å². The molecule has 0 aliphatic carbocycles. The van der Waals surface area contributed by atoms with Crippen LogP contribution >= 0.6 is 23.2 Å². The topological polar surface area (TPSA) is 67.8 Å². The highest BCUT2D eigenvalue weighted by molar-refractivity contribution is 6.37. The first kappa shape index (κ1) is 13.7. The van der Waals surface area contributed by atoms with E-state index < -0.39 is 11.4 Å². The van der Waals surface area contributed by atoms with Gasteiger partial charge in [-0.3, -0.25) is 4.79 Å². The lowest BCUT2D eigenvalue weighted by Crippen LogP contribution is -2.55.